The molecule has 0 aliphatic heterocycles. The Hall–Kier alpha value is -2.37. The highest BCUT2D eigenvalue weighted by atomic mass is 16.1. The molecule has 0 fully saturated rings. The summed E-state index contributed by atoms with van der Waals surface area (Å²) in [5, 5.41) is 9.86. The lowest BCUT2D eigenvalue weighted by Crippen LogP contribution is -2.23. The van der Waals surface area contributed by atoms with E-state index < -0.39 is 0 Å². The summed E-state index contributed by atoms with van der Waals surface area (Å²) in [7, 11) is 1.60. The molecular formula is C12H15N5O. The molecular weight excluding hydrogens is 230 g/mol. The number of nitrogens with zero attached hydrogens (tertiary/aromatic N) is 3. The Morgan fingerprint density at radius 2 is 2.33 bits per heavy atom. The maximum absolute atomic E-state index is 11.2. The van der Waals surface area contributed by atoms with Crippen LogP contribution in [0, 0.1) is 0 Å². The Morgan fingerprint density at radius 1 is 1.44 bits per heavy atom. The zero-order chi connectivity index (χ0) is 12.8. The number of hydrogen-bond donors (Lipinski definition) is 2. The highest BCUT2D eigenvalue weighted by Gasteiger charge is 2.02. The second-order valence-corrected chi connectivity index (χ2v) is 3.81. The Labute approximate surface area is 105 Å². The van der Waals surface area contributed by atoms with Gasteiger partial charge in [0.2, 0.25) is 5.91 Å². The smallest absolute Gasteiger partial charge is 0.241 e. The van der Waals surface area contributed by atoms with Crippen LogP contribution in [0.1, 0.15) is 5.56 Å². The van der Waals surface area contributed by atoms with Gasteiger partial charge >= 0.3 is 0 Å². The highest BCUT2D eigenvalue weighted by Crippen LogP contribution is 2.07. The summed E-state index contributed by atoms with van der Waals surface area (Å²) in [6.07, 6.45) is 7.04. The van der Waals surface area contributed by atoms with Crippen LogP contribution < -0.4 is 10.6 Å². The van der Waals surface area contributed by atoms with Crippen molar-refractivity contribution < 1.29 is 4.79 Å². The van der Waals surface area contributed by atoms with Crippen molar-refractivity contribution in [3.05, 3.63) is 42.5 Å². The van der Waals surface area contributed by atoms with E-state index in [4.69, 9.17) is 0 Å². The first-order chi connectivity index (χ1) is 8.78. The number of anilines is 1. The van der Waals surface area contributed by atoms with Crippen LogP contribution in [0.25, 0.3) is 0 Å². The number of amides is 1. The third kappa shape index (κ3) is 3.31. The summed E-state index contributed by atoms with van der Waals surface area (Å²) in [6.45, 7) is 0.907. The van der Waals surface area contributed by atoms with E-state index in [9.17, 15) is 4.79 Å². The van der Waals surface area contributed by atoms with Crippen molar-refractivity contribution in [1.82, 2.24) is 20.1 Å². The fraction of sp³-hybridized carbons (Fsp3) is 0.250. The van der Waals surface area contributed by atoms with E-state index in [1.807, 2.05) is 18.3 Å². The molecule has 1 amide bonds. The Balaban J connectivity index is 1.89. The summed E-state index contributed by atoms with van der Waals surface area (Å²) < 4.78 is 1.59. The lowest BCUT2D eigenvalue weighted by Gasteiger charge is -2.02. The number of carbonyl (C=O) groups excluding carboxylic acids is 1. The normalized spacial score (nSPS) is 10.1. The van der Waals surface area contributed by atoms with Gasteiger partial charge in [-0.2, -0.15) is 5.10 Å². The van der Waals surface area contributed by atoms with Crippen LogP contribution in [0.3, 0.4) is 0 Å². The molecule has 0 unspecified atom stereocenters. The standard InChI is InChI=1S/C12H15N5O/c1-13-12(18)9-17-8-11(7-16-17)15-6-10-3-2-4-14-5-10/h2-5,7-8,15H,6,9H2,1H3,(H,13,18). The van der Waals surface area contributed by atoms with E-state index >= 15 is 0 Å². The van der Waals surface area contributed by atoms with Gasteiger partial charge in [0.05, 0.1) is 11.9 Å². The molecule has 0 aliphatic carbocycles. The van der Waals surface area contributed by atoms with Gasteiger partial charge in [-0.1, -0.05) is 6.07 Å². The van der Waals surface area contributed by atoms with Gasteiger partial charge in [-0.05, 0) is 11.6 Å². The van der Waals surface area contributed by atoms with E-state index in [0.29, 0.717) is 6.54 Å². The van der Waals surface area contributed by atoms with E-state index in [0.717, 1.165) is 11.3 Å². The van der Waals surface area contributed by atoms with E-state index in [1.54, 1.807) is 30.3 Å². The molecule has 2 N–H and O–H groups in total. The minimum atomic E-state index is -0.0723. The summed E-state index contributed by atoms with van der Waals surface area (Å²) in [5.74, 6) is -0.0723. The van der Waals surface area contributed by atoms with E-state index in [1.165, 1.54) is 0 Å². The molecule has 2 aromatic heterocycles. The Morgan fingerprint density at radius 3 is 3.06 bits per heavy atom. The quantitative estimate of drug-likeness (QED) is 0.810. The fourth-order valence-corrected chi connectivity index (χ4v) is 1.47. The molecule has 0 saturated heterocycles. The molecule has 0 bridgehead atoms. The molecule has 18 heavy (non-hydrogen) atoms. The summed E-state index contributed by atoms with van der Waals surface area (Å²) in [4.78, 5) is 15.2. The van der Waals surface area contributed by atoms with E-state index in [2.05, 4.69) is 20.7 Å². The first kappa shape index (κ1) is 12.1. The zero-order valence-electron chi connectivity index (χ0n) is 10.1. The second kappa shape index (κ2) is 5.81. The van der Waals surface area contributed by atoms with Gasteiger partial charge in [-0.3, -0.25) is 14.5 Å². The molecule has 6 nitrogen and oxygen atoms in total. The molecule has 0 atom stereocenters. The van der Waals surface area contributed by atoms with Crippen molar-refractivity contribution >= 4 is 11.6 Å². The molecule has 0 saturated carbocycles. The lowest BCUT2D eigenvalue weighted by molar-refractivity contribution is -0.121. The number of carbonyl (C=O) groups is 1. The number of likely N-dealkylation sites (N-methyl/N-ethyl adjacent to an activating group) is 1. The second-order valence-electron chi connectivity index (χ2n) is 3.81. The van der Waals surface area contributed by atoms with Crippen molar-refractivity contribution in [2.75, 3.05) is 12.4 Å². The Kier molecular flexibility index (Phi) is 3.90. The number of nitrogens with one attached hydrogen (secondary N) is 2. The lowest BCUT2D eigenvalue weighted by atomic mass is 10.3. The van der Waals surface area contributed by atoms with Crippen LogP contribution in [0.2, 0.25) is 0 Å². The average molecular weight is 245 g/mol. The number of pyridine rings is 1. The van der Waals surface area contributed by atoms with Gasteiger partial charge < -0.3 is 10.6 Å². The SMILES string of the molecule is CNC(=O)Cn1cc(NCc2cccnc2)cn1. The predicted molar refractivity (Wildman–Crippen MR) is 67.9 cm³/mol. The molecule has 0 aromatic carbocycles. The van der Waals surface area contributed by atoms with Crippen LogP contribution in [0.15, 0.2) is 36.9 Å². The number of hydrogen-bond acceptors (Lipinski definition) is 4. The molecule has 94 valence electrons. The van der Waals surface area contributed by atoms with E-state index in [-0.39, 0.29) is 12.5 Å². The molecule has 2 aromatic rings. The first-order valence-corrected chi connectivity index (χ1v) is 5.64. The molecule has 2 rings (SSSR count). The number of rotatable bonds is 5. The van der Waals surface area contributed by atoms with Gasteiger partial charge in [0.25, 0.3) is 0 Å². The van der Waals surface area contributed by atoms with Crippen molar-refractivity contribution in [3.63, 3.8) is 0 Å². The average Bonchev–Trinajstić information content (AvgIpc) is 2.85. The Bertz CT molecular complexity index is 508. The largest absolute Gasteiger partial charge is 0.378 e. The van der Waals surface area contributed by atoms with Crippen molar-refractivity contribution in [2.24, 2.45) is 0 Å². The summed E-state index contributed by atoms with van der Waals surface area (Å²) >= 11 is 0. The molecule has 0 spiro atoms. The van der Waals surface area contributed by atoms with Gasteiger partial charge in [-0.15, -0.1) is 0 Å². The molecule has 0 aliphatic rings. The van der Waals surface area contributed by atoms with Gasteiger partial charge in [-0.25, -0.2) is 0 Å². The first-order valence-electron chi connectivity index (χ1n) is 5.64. The minimum absolute atomic E-state index is 0.0723. The molecule has 6 heteroatoms. The summed E-state index contributed by atoms with van der Waals surface area (Å²) in [6, 6.07) is 3.89. The maximum Gasteiger partial charge on any atom is 0.241 e. The predicted octanol–water partition coefficient (Wildman–Crippen LogP) is 0.636. The van der Waals surface area contributed by atoms with Crippen LogP contribution in [0.5, 0.6) is 0 Å². The topological polar surface area (TPSA) is 71.8 Å². The van der Waals surface area contributed by atoms with Crippen molar-refractivity contribution in [2.45, 2.75) is 13.1 Å². The molecule has 2 heterocycles. The van der Waals surface area contributed by atoms with Crippen LogP contribution >= 0.6 is 0 Å². The fourth-order valence-electron chi connectivity index (χ4n) is 1.47. The zero-order valence-corrected chi connectivity index (χ0v) is 10.1. The third-order valence-electron chi connectivity index (χ3n) is 2.44. The van der Waals surface area contributed by atoms with Crippen LogP contribution in [-0.2, 0) is 17.9 Å². The monoisotopic (exact) mass is 245 g/mol. The van der Waals surface area contributed by atoms with Crippen LogP contribution in [0.4, 0.5) is 5.69 Å². The highest BCUT2D eigenvalue weighted by molar-refractivity contribution is 5.75. The third-order valence-corrected chi connectivity index (χ3v) is 2.44. The van der Waals surface area contributed by atoms with Crippen molar-refractivity contribution in [1.29, 1.82) is 0 Å². The number of aromatic nitrogens is 3. The van der Waals surface area contributed by atoms with Gasteiger partial charge in [0.1, 0.15) is 6.54 Å². The van der Waals surface area contributed by atoms with Crippen LogP contribution in [-0.4, -0.2) is 27.7 Å². The summed E-state index contributed by atoms with van der Waals surface area (Å²) in [5.41, 5.74) is 1.97. The maximum atomic E-state index is 11.2. The minimum Gasteiger partial charge on any atom is -0.378 e. The van der Waals surface area contributed by atoms with Gasteiger partial charge in [0.15, 0.2) is 0 Å². The van der Waals surface area contributed by atoms with Crippen molar-refractivity contribution in [3.8, 4) is 0 Å². The molecule has 0 radical (unpaired) electrons. The van der Waals surface area contributed by atoms with Gasteiger partial charge in [0, 0.05) is 32.2 Å².